The lowest BCUT2D eigenvalue weighted by Crippen LogP contribution is -2.28. The monoisotopic (exact) mass is 402 g/mol. The number of fused-ring (bicyclic) bond motifs is 4. The first-order chi connectivity index (χ1) is 14.1. The number of hydrogen-bond acceptors (Lipinski definition) is 7. The van der Waals surface area contributed by atoms with Gasteiger partial charge >= 0.3 is 0 Å². The third-order valence-electron chi connectivity index (χ3n) is 5.88. The Balaban J connectivity index is 2.03. The second-order valence-corrected chi connectivity index (χ2v) is 7.34. The summed E-state index contributed by atoms with van der Waals surface area (Å²) >= 11 is 0. The first-order valence-electron chi connectivity index (χ1n) is 9.61. The molecular formula is C22H26O7. The van der Waals surface area contributed by atoms with Gasteiger partial charge in [0.1, 0.15) is 0 Å². The molecule has 0 saturated carbocycles. The van der Waals surface area contributed by atoms with E-state index in [4.69, 9.17) is 23.7 Å². The smallest absolute Gasteiger partial charge is 0.231 e. The zero-order chi connectivity index (χ0) is 20.5. The molecule has 0 saturated heterocycles. The van der Waals surface area contributed by atoms with Crippen LogP contribution in [0.5, 0.6) is 28.7 Å². The molecule has 2 N–H and O–H groups in total. The van der Waals surface area contributed by atoms with E-state index in [0.29, 0.717) is 41.6 Å². The SMILES string of the molecule is COc1cc2c(c(OC)c1OC)-c1cc3c(cc1C[C@@H](CO)[C@H](CO)C2)OCO3. The predicted molar refractivity (Wildman–Crippen MR) is 106 cm³/mol. The topological polar surface area (TPSA) is 86.6 Å². The van der Waals surface area contributed by atoms with Crippen LogP contribution in [0.15, 0.2) is 18.2 Å². The van der Waals surface area contributed by atoms with Gasteiger partial charge in [0.15, 0.2) is 23.0 Å². The zero-order valence-electron chi connectivity index (χ0n) is 16.9. The Labute approximate surface area is 169 Å². The van der Waals surface area contributed by atoms with Crippen LogP contribution in [0.1, 0.15) is 11.1 Å². The predicted octanol–water partition coefficient (Wildman–Crippen LogP) is 2.42. The van der Waals surface area contributed by atoms with E-state index in [2.05, 4.69) is 0 Å². The van der Waals surface area contributed by atoms with Crippen molar-refractivity contribution in [1.82, 2.24) is 0 Å². The molecule has 0 aromatic heterocycles. The zero-order valence-corrected chi connectivity index (χ0v) is 16.9. The minimum Gasteiger partial charge on any atom is -0.493 e. The van der Waals surface area contributed by atoms with E-state index in [1.807, 2.05) is 18.2 Å². The lowest BCUT2D eigenvalue weighted by molar-refractivity contribution is 0.119. The number of ether oxygens (including phenoxy) is 5. The normalized spacial score (nSPS) is 19.6. The molecule has 0 spiro atoms. The fourth-order valence-electron chi connectivity index (χ4n) is 4.37. The van der Waals surface area contributed by atoms with Crippen molar-refractivity contribution < 1.29 is 33.9 Å². The van der Waals surface area contributed by atoms with Crippen LogP contribution in [-0.4, -0.2) is 51.5 Å². The van der Waals surface area contributed by atoms with Gasteiger partial charge in [-0.3, -0.25) is 0 Å². The van der Waals surface area contributed by atoms with Gasteiger partial charge in [0.05, 0.1) is 21.3 Å². The lowest BCUT2D eigenvalue weighted by atomic mass is 9.77. The summed E-state index contributed by atoms with van der Waals surface area (Å²) in [7, 11) is 4.76. The molecule has 29 heavy (non-hydrogen) atoms. The molecule has 2 atom stereocenters. The van der Waals surface area contributed by atoms with Crippen LogP contribution in [-0.2, 0) is 12.8 Å². The first-order valence-corrected chi connectivity index (χ1v) is 9.61. The van der Waals surface area contributed by atoms with Gasteiger partial charge in [-0.25, -0.2) is 0 Å². The van der Waals surface area contributed by atoms with E-state index in [-0.39, 0.29) is 31.8 Å². The second kappa shape index (κ2) is 8.00. The average molecular weight is 402 g/mol. The number of methoxy groups -OCH3 is 3. The molecule has 7 nitrogen and oxygen atoms in total. The van der Waals surface area contributed by atoms with Crippen LogP contribution >= 0.6 is 0 Å². The van der Waals surface area contributed by atoms with E-state index >= 15 is 0 Å². The van der Waals surface area contributed by atoms with Crippen molar-refractivity contribution in [2.45, 2.75) is 12.8 Å². The molecule has 2 aromatic carbocycles. The van der Waals surface area contributed by atoms with Gasteiger partial charge in [0.25, 0.3) is 0 Å². The van der Waals surface area contributed by atoms with Crippen molar-refractivity contribution in [2.75, 3.05) is 41.3 Å². The summed E-state index contributed by atoms with van der Waals surface area (Å²) in [6, 6.07) is 5.84. The van der Waals surface area contributed by atoms with Crippen LogP contribution in [0.4, 0.5) is 0 Å². The molecule has 1 aliphatic heterocycles. The molecule has 0 unspecified atom stereocenters. The molecule has 4 rings (SSSR count). The molecule has 1 heterocycles. The molecule has 2 aliphatic rings. The van der Waals surface area contributed by atoms with E-state index < -0.39 is 0 Å². The lowest BCUT2D eigenvalue weighted by Gasteiger charge is -2.31. The maximum atomic E-state index is 10.0. The summed E-state index contributed by atoms with van der Waals surface area (Å²) in [5, 5.41) is 20.1. The molecule has 2 aromatic rings. The Morgan fingerprint density at radius 2 is 1.45 bits per heavy atom. The summed E-state index contributed by atoms with van der Waals surface area (Å²) in [6.07, 6.45) is 1.17. The summed E-state index contributed by atoms with van der Waals surface area (Å²) in [5.74, 6) is 2.79. The Morgan fingerprint density at radius 3 is 2.03 bits per heavy atom. The Morgan fingerprint density at radius 1 is 0.828 bits per heavy atom. The molecule has 1 aliphatic carbocycles. The number of aliphatic hydroxyl groups excluding tert-OH is 2. The molecule has 0 radical (unpaired) electrons. The van der Waals surface area contributed by atoms with Crippen molar-refractivity contribution in [3.05, 3.63) is 29.3 Å². The van der Waals surface area contributed by atoms with Crippen molar-refractivity contribution in [1.29, 1.82) is 0 Å². The highest BCUT2D eigenvalue weighted by Crippen LogP contribution is 2.51. The highest BCUT2D eigenvalue weighted by Gasteiger charge is 2.32. The van der Waals surface area contributed by atoms with E-state index in [9.17, 15) is 10.2 Å². The standard InChI is InChI=1S/C22H26O7/c1-25-19-7-13-5-15(10-24)14(9-23)4-12-6-17-18(29-11-28-17)8-16(12)20(13)22(27-3)21(19)26-2/h6-8,14-15,23-24H,4-5,9-11H2,1-3H3/t14-,15-/m0/s1. The molecule has 7 heteroatoms. The van der Waals surface area contributed by atoms with E-state index in [0.717, 1.165) is 22.3 Å². The van der Waals surface area contributed by atoms with E-state index in [1.54, 1.807) is 21.3 Å². The molecule has 156 valence electrons. The van der Waals surface area contributed by atoms with Crippen molar-refractivity contribution >= 4 is 0 Å². The minimum atomic E-state index is -0.111. The highest BCUT2D eigenvalue weighted by molar-refractivity contribution is 5.83. The van der Waals surface area contributed by atoms with Crippen LogP contribution < -0.4 is 23.7 Å². The second-order valence-electron chi connectivity index (χ2n) is 7.34. The molecule has 0 amide bonds. The van der Waals surface area contributed by atoms with Gasteiger partial charge in [-0.05, 0) is 59.6 Å². The van der Waals surface area contributed by atoms with Crippen molar-refractivity contribution in [2.24, 2.45) is 11.8 Å². The van der Waals surface area contributed by atoms with Gasteiger partial charge in [-0.1, -0.05) is 0 Å². The van der Waals surface area contributed by atoms with Crippen molar-refractivity contribution in [3.8, 4) is 39.9 Å². The van der Waals surface area contributed by atoms with Crippen LogP contribution in [0, 0.1) is 11.8 Å². The number of hydrogen-bond donors (Lipinski definition) is 2. The van der Waals surface area contributed by atoms with Crippen LogP contribution in [0.25, 0.3) is 11.1 Å². The van der Waals surface area contributed by atoms with Crippen LogP contribution in [0.2, 0.25) is 0 Å². The van der Waals surface area contributed by atoms with Gasteiger partial charge < -0.3 is 33.9 Å². The summed E-state index contributed by atoms with van der Waals surface area (Å²) in [4.78, 5) is 0. The van der Waals surface area contributed by atoms with E-state index in [1.165, 1.54) is 0 Å². The molecule has 0 fully saturated rings. The fraction of sp³-hybridized carbons (Fsp3) is 0.455. The molecule has 0 bridgehead atoms. The van der Waals surface area contributed by atoms with Crippen LogP contribution in [0.3, 0.4) is 0 Å². The van der Waals surface area contributed by atoms with Gasteiger partial charge in [-0.2, -0.15) is 0 Å². The van der Waals surface area contributed by atoms with Crippen molar-refractivity contribution in [3.63, 3.8) is 0 Å². The van der Waals surface area contributed by atoms with Gasteiger partial charge in [0.2, 0.25) is 12.5 Å². The largest absolute Gasteiger partial charge is 0.493 e. The third-order valence-corrected chi connectivity index (χ3v) is 5.88. The van der Waals surface area contributed by atoms with Gasteiger partial charge in [0, 0.05) is 18.8 Å². The Hall–Kier alpha value is -2.64. The maximum Gasteiger partial charge on any atom is 0.231 e. The number of benzene rings is 2. The number of rotatable bonds is 5. The third kappa shape index (κ3) is 3.24. The quantitative estimate of drug-likeness (QED) is 0.794. The maximum absolute atomic E-state index is 10.0. The summed E-state index contributed by atoms with van der Waals surface area (Å²) in [6.45, 7) is 0.136. The fourth-order valence-corrected chi connectivity index (χ4v) is 4.37. The Bertz CT molecular complexity index is 909. The Kier molecular flexibility index (Phi) is 5.43. The number of aliphatic hydroxyl groups is 2. The average Bonchev–Trinajstić information content (AvgIpc) is 3.20. The summed E-state index contributed by atoms with van der Waals surface area (Å²) < 4.78 is 28.1. The molecular weight excluding hydrogens is 376 g/mol. The van der Waals surface area contributed by atoms with Gasteiger partial charge in [-0.15, -0.1) is 0 Å². The first kappa shape index (κ1) is 19.7. The highest BCUT2D eigenvalue weighted by atomic mass is 16.7. The minimum absolute atomic E-state index is 0.0150. The summed E-state index contributed by atoms with van der Waals surface area (Å²) in [5.41, 5.74) is 3.78.